The maximum Gasteiger partial charge on any atom is 0.135 e. The van der Waals surface area contributed by atoms with E-state index < -0.39 is 0 Å². The van der Waals surface area contributed by atoms with Gasteiger partial charge in [-0.05, 0) is 140 Å². The number of anilines is 3. The maximum absolute atomic E-state index is 6.10. The van der Waals surface area contributed by atoms with Crippen molar-refractivity contribution in [3.63, 3.8) is 0 Å². The summed E-state index contributed by atoms with van der Waals surface area (Å²) >= 11 is 1.86. The molecule has 2 heterocycles. The van der Waals surface area contributed by atoms with Crippen molar-refractivity contribution >= 4 is 70.5 Å². The third-order valence-corrected chi connectivity index (χ3v) is 14.7. The van der Waals surface area contributed by atoms with Gasteiger partial charge in [-0.25, -0.2) is 0 Å². The molecule has 2 nitrogen and oxygen atoms in total. The van der Waals surface area contributed by atoms with Crippen molar-refractivity contribution in [1.29, 1.82) is 0 Å². The molecular weight excluding hydrogens is 855 g/mol. The highest BCUT2D eigenvalue weighted by Crippen LogP contribution is 2.40. The van der Waals surface area contributed by atoms with Gasteiger partial charge in [0.2, 0.25) is 0 Å². The lowest BCUT2D eigenvalue weighted by Crippen LogP contribution is -2.09. The molecule has 0 fully saturated rings. The lowest BCUT2D eigenvalue weighted by atomic mass is 9.98. The molecule has 0 aliphatic carbocycles. The van der Waals surface area contributed by atoms with Crippen molar-refractivity contribution in [2.45, 2.75) is 0 Å². The summed E-state index contributed by atoms with van der Waals surface area (Å²) in [5.74, 6) is 0. The molecule has 0 amide bonds. The Bertz CT molecular complexity index is 3740. The van der Waals surface area contributed by atoms with Crippen LogP contribution in [0.4, 0.5) is 17.1 Å². The summed E-state index contributed by atoms with van der Waals surface area (Å²) < 4.78 is 8.75. The van der Waals surface area contributed by atoms with Crippen LogP contribution in [0.15, 0.2) is 265 Å². The molecule has 0 radical (unpaired) electrons. The molecule has 0 saturated carbocycles. The predicted molar refractivity (Wildman–Crippen MR) is 294 cm³/mol. The van der Waals surface area contributed by atoms with Gasteiger partial charge in [0.05, 0.1) is 0 Å². The standard InChI is InChI=1S/C66H43NOS/c1-2-8-44(9-3-1)45-14-16-46(17-15-45)49-26-34-56(35-27-49)67(57-36-28-50(29-37-57)47-18-22-52(23-19-47)54-32-40-64-61(42-54)59-10-4-6-12-63(59)68-64)58-38-30-51(31-39-58)48-20-24-53(25-21-48)55-33-41-66-62(43-55)60-11-5-7-13-65(60)69-66/h1-43H. The maximum atomic E-state index is 6.10. The summed E-state index contributed by atoms with van der Waals surface area (Å²) in [7, 11) is 0. The molecule has 0 saturated heterocycles. The molecule has 13 aromatic rings. The molecule has 0 aliphatic heterocycles. The Hall–Kier alpha value is -8.76. The number of hydrogen-bond acceptors (Lipinski definition) is 3. The highest BCUT2D eigenvalue weighted by atomic mass is 32.1. The van der Waals surface area contributed by atoms with Gasteiger partial charge in [-0.15, -0.1) is 11.3 Å². The van der Waals surface area contributed by atoms with Gasteiger partial charge in [-0.1, -0.05) is 188 Å². The topological polar surface area (TPSA) is 16.4 Å². The minimum Gasteiger partial charge on any atom is -0.456 e. The fourth-order valence-electron chi connectivity index (χ4n) is 9.86. The van der Waals surface area contributed by atoms with Crippen molar-refractivity contribution in [3.05, 3.63) is 261 Å². The lowest BCUT2D eigenvalue weighted by molar-refractivity contribution is 0.669. The molecule has 2 aromatic heterocycles. The van der Waals surface area contributed by atoms with E-state index in [0.717, 1.165) is 39.0 Å². The molecule has 3 heteroatoms. The van der Waals surface area contributed by atoms with E-state index in [1.54, 1.807) is 0 Å². The van der Waals surface area contributed by atoms with Crippen LogP contribution in [0.5, 0.6) is 0 Å². The van der Waals surface area contributed by atoms with Crippen LogP contribution in [0.1, 0.15) is 0 Å². The molecule has 0 N–H and O–H groups in total. The summed E-state index contributed by atoms with van der Waals surface area (Å²) in [6, 6.07) is 94.4. The van der Waals surface area contributed by atoms with E-state index in [1.165, 1.54) is 86.9 Å². The van der Waals surface area contributed by atoms with E-state index in [-0.39, 0.29) is 0 Å². The highest BCUT2D eigenvalue weighted by Gasteiger charge is 2.15. The van der Waals surface area contributed by atoms with Crippen molar-refractivity contribution in [2.75, 3.05) is 4.90 Å². The first kappa shape index (κ1) is 40.5. The first-order chi connectivity index (χ1) is 34.1. The van der Waals surface area contributed by atoms with Crippen LogP contribution in [-0.4, -0.2) is 0 Å². The SMILES string of the molecule is c1ccc(-c2ccc(-c3ccc(N(c4ccc(-c5ccc(-c6ccc7oc8ccccc8c7c6)cc5)cc4)c4ccc(-c5ccc(-c6ccc7sc8ccccc8c7c6)cc5)cc4)cc3)cc2)cc1. The average molecular weight is 898 g/mol. The Morgan fingerprint density at radius 3 is 1.07 bits per heavy atom. The third kappa shape index (κ3) is 7.65. The van der Waals surface area contributed by atoms with Crippen LogP contribution in [0.3, 0.4) is 0 Å². The lowest BCUT2D eigenvalue weighted by Gasteiger charge is -2.26. The van der Waals surface area contributed by atoms with E-state index in [9.17, 15) is 0 Å². The van der Waals surface area contributed by atoms with Crippen molar-refractivity contribution in [1.82, 2.24) is 0 Å². The second-order valence-corrected chi connectivity index (χ2v) is 18.8. The zero-order chi connectivity index (χ0) is 45.7. The number of thiophene rings is 1. The van der Waals surface area contributed by atoms with E-state index in [4.69, 9.17) is 4.42 Å². The van der Waals surface area contributed by atoms with Crippen LogP contribution >= 0.6 is 11.3 Å². The van der Waals surface area contributed by atoms with Crippen LogP contribution in [-0.2, 0) is 0 Å². The summed E-state index contributed by atoms with van der Waals surface area (Å²) in [5.41, 5.74) is 19.4. The Labute approximate surface area is 405 Å². The zero-order valence-electron chi connectivity index (χ0n) is 37.6. The summed E-state index contributed by atoms with van der Waals surface area (Å²) in [4.78, 5) is 2.35. The second kappa shape index (κ2) is 17.2. The van der Waals surface area contributed by atoms with Gasteiger partial charge in [-0.2, -0.15) is 0 Å². The number of para-hydroxylation sites is 1. The van der Waals surface area contributed by atoms with Crippen LogP contribution < -0.4 is 4.90 Å². The van der Waals surface area contributed by atoms with Gasteiger partial charge >= 0.3 is 0 Å². The van der Waals surface area contributed by atoms with E-state index in [1.807, 2.05) is 23.5 Å². The minimum absolute atomic E-state index is 0.911. The minimum atomic E-state index is 0.911. The molecule has 0 spiro atoms. The summed E-state index contributed by atoms with van der Waals surface area (Å²) in [5, 5.41) is 4.93. The van der Waals surface area contributed by atoms with Gasteiger partial charge < -0.3 is 9.32 Å². The average Bonchev–Trinajstić information content (AvgIpc) is 4.00. The normalized spacial score (nSPS) is 11.5. The molecule has 69 heavy (non-hydrogen) atoms. The van der Waals surface area contributed by atoms with Crippen LogP contribution in [0.2, 0.25) is 0 Å². The van der Waals surface area contributed by atoms with E-state index >= 15 is 0 Å². The Kier molecular flexibility index (Phi) is 10.1. The molecule has 0 aliphatic rings. The zero-order valence-corrected chi connectivity index (χ0v) is 38.4. The van der Waals surface area contributed by atoms with Crippen LogP contribution in [0.25, 0.3) is 109 Å². The van der Waals surface area contributed by atoms with Crippen molar-refractivity contribution in [3.8, 4) is 66.8 Å². The molecule has 0 bridgehead atoms. The summed E-state index contributed by atoms with van der Waals surface area (Å²) in [6.45, 7) is 0. The number of benzene rings is 11. The van der Waals surface area contributed by atoms with Gasteiger partial charge in [0.15, 0.2) is 0 Å². The highest BCUT2D eigenvalue weighted by molar-refractivity contribution is 7.25. The third-order valence-electron chi connectivity index (χ3n) is 13.6. The number of fused-ring (bicyclic) bond motifs is 6. The molecule has 324 valence electrons. The predicted octanol–water partition coefficient (Wildman–Crippen LogP) is 19.4. The Balaban J connectivity index is 0.794. The van der Waals surface area contributed by atoms with Gasteiger partial charge in [0.1, 0.15) is 11.2 Å². The Morgan fingerprint density at radius 1 is 0.232 bits per heavy atom. The molecule has 0 atom stereocenters. The molecule has 11 aromatic carbocycles. The van der Waals surface area contributed by atoms with Gasteiger partial charge in [0.25, 0.3) is 0 Å². The first-order valence-electron chi connectivity index (χ1n) is 23.5. The number of hydrogen-bond donors (Lipinski definition) is 0. The van der Waals surface area contributed by atoms with E-state index in [0.29, 0.717) is 0 Å². The number of rotatable bonds is 9. The van der Waals surface area contributed by atoms with Crippen LogP contribution in [0, 0.1) is 0 Å². The fraction of sp³-hybridized carbons (Fsp3) is 0. The smallest absolute Gasteiger partial charge is 0.135 e. The number of furan rings is 1. The number of nitrogens with zero attached hydrogens (tertiary/aromatic N) is 1. The van der Waals surface area contributed by atoms with E-state index in [2.05, 4.69) is 254 Å². The quantitative estimate of drug-likeness (QED) is 0.144. The molecular formula is C66H43NOS. The van der Waals surface area contributed by atoms with Gasteiger partial charge in [0, 0.05) is 48.0 Å². The molecule has 0 unspecified atom stereocenters. The van der Waals surface area contributed by atoms with Crippen molar-refractivity contribution in [2.24, 2.45) is 0 Å². The Morgan fingerprint density at radius 2 is 0.565 bits per heavy atom. The summed E-state index contributed by atoms with van der Waals surface area (Å²) in [6.07, 6.45) is 0. The monoisotopic (exact) mass is 897 g/mol. The van der Waals surface area contributed by atoms with Gasteiger partial charge in [-0.3, -0.25) is 0 Å². The van der Waals surface area contributed by atoms with Crippen molar-refractivity contribution < 1.29 is 4.42 Å². The molecule has 13 rings (SSSR count). The first-order valence-corrected chi connectivity index (χ1v) is 24.3. The fourth-order valence-corrected chi connectivity index (χ4v) is 10.9. The second-order valence-electron chi connectivity index (χ2n) is 17.7. The largest absolute Gasteiger partial charge is 0.456 e.